The molecular weight excluding hydrogens is 927 g/mol. The van der Waals surface area contributed by atoms with Crippen molar-refractivity contribution < 1.29 is 61.4 Å². The van der Waals surface area contributed by atoms with E-state index in [2.05, 4.69) is 108 Å². The molecule has 0 spiro atoms. The quantitative estimate of drug-likeness (QED) is 0.116. The fourth-order valence-electron chi connectivity index (χ4n) is 9.95. The molecule has 3 saturated heterocycles. The summed E-state index contributed by atoms with van der Waals surface area (Å²) in [6.45, 7) is 40.1. The van der Waals surface area contributed by atoms with E-state index in [9.17, 15) is 9.90 Å². The van der Waals surface area contributed by atoms with E-state index in [1.54, 1.807) is 7.11 Å². The fraction of sp³-hybridized carbons (Fsp3) is 0.907. The predicted octanol–water partition coefficient (Wildman–Crippen LogP) is 10.2. The number of cyclic esters (lactones) is 1. The van der Waals surface area contributed by atoms with Crippen molar-refractivity contribution in [1.82, 2.24) is 4.90 Å². The summed E-state index contributed by atoms with van der Waals surface area (Å²) in [6.07, 6.45) is 2.86. The van der Waals surface area contributed by atoms with Crippen LogP contribution in [0.2, 0.25) is 36.3 Å². The molecule has 0 amide bonds. The van der Waals surface area contributed by atoms with Gasteiger partial charge in [-0.3, -0.25) is 4.79 Å². The maximum Gasteiger partial charge on any atom is 0.308 e. The number of ether oxygens (including phenoxy) is 9. The molecular formula is C54H101NO13Si2. The highest BCUT2D eigenvalue weighted by atomic mass is 28.4. The van der Waals surface area contributed by atoms with Crippen molar-refractivity contribution in [3.05, 3.63) is 24.3 Å². The van der Waals surface area contributed by atoms with Crippen LogP contribution in [0.3, 0.4) is 0 Å². The number of methoxy groups -OCH3 is 1. The summed E-state index contributed by atoms with van der Waals surface area (Å²) in [4.78, 5) is 15.9. The SMILES string of the molecule is CCO[C@@]1(C)C[C@@H](O[C@@H]2[C@@H](N(C)C)[C@H](O)[C@@H](O[C@H]3[C@H]4CC(O[Si](C)(C)C(C)(C)C)O[C@H](CC(=O)O[C@H](C)C/C=C/C=C/[C@H](O[Si](C)(C)C(C)(C)C)[C@H](C)C4)[C@@H]3OC)O[C@H]2C)O[C@H](C)[C@H]1OCCC(C)C. The maximum absolute atomic E-state index is 13.9. The van der Waals surface area contributed by atoms with E-state index in [-0.39, 0.29) is 52.7 Å². The van der Waals surface area contributed by atoms with Crippen LogP contribution < -0.4 is 0 Å². The number of carbonyl (C=O) groups is 1. The molecule has 16 heteroatoms. The van der Waals surface area contributed by atoms with Crippen molar-refractivity contribution in [2.45, 2.75) is 263 Å². The van der Waals surface area contributed by atoms with Crippen molar-refractivity contribution in [3.8, 4) is 0 Å². The minimum Gasteiger partial charge on any atom is -0.462 e. The van der Waals surface area contributed by atoms with E-state index in [0.717, 1.165) is 6.42 Å². The number of hydrogen-bond acceptors (Lipinski definition) is 14. The number of likely N-dealkylation sites (N-methyl/N-ethyl adjacent to an activating group) is 1. The minimum absolute atomic E-state index is 0.00173. The van der Waals surface area contributed by atoms with Crippen molar-refractivity contribution in [2.75, 3.05) is 34.4 Å². The Labute approximate surface area is 427 Å². The number of aliphatic hydroxyl groups excluding tert-OH is 1. The van der Waals surface area contributed by atoms with Gasteiger partial charge in [-0.25, -0.2) is 0 Å². The normalized spacial score (nSPS) is 38.9. The van der Waals surface area contributed by atoms with E-state index in [1.165, 1.54) is 0 Å². The Balaban J connectivity index is 1.78. The lowest BCUT2D eigenvalue weighted by Gasteiger charge is -2.51. The average Bonchev–Trinajstić information content (AvgIpc) is 3.33. The van der Waals surface area contributed by atoms with Gasteiger partial charge in [0.1, 0.15) is 36.8 Å². The Morgan fingerprint density at radius 2 is 1.50 bits per heavy atom. The zero-order valence-corrected chi connectivity index (χ0v) is 49.6. The standard InChI is InChI=1S/C54H101NO13Si2/c1-22-60-54(14)33-44(62-38(7)50(54)59-29-28-34(2)3)65-47-37(6)63-51(46(57)45(47)55(15)16)66-48-39-30-35(4)40(67-69(18,19)52(8,9)10)27-25-23-24-26-36(5)61-42(56)32-41(49(48)58-17)64-43(31-39)68-70(20,21)53(11,12)13/h23-25,27,34-41,43-51,57H,22,26,28-33H2,1-21H3/b24-23+,27-25+/t35-,36-,37+,38-,39-,40+,41-,43?,44-,45+,46+,47+,48+,49+,50-,51-,54+/m1/s1. The molecule has 3 fully saturated rings. The number of carbonyl (C=O) groups excluding carboxylic acids is 1. The van der Waals surface area contributed by atoms with Crippen LogP contribution >= 0.6 is 0 Å². The number of rotatable bonds is 16. The average molecular weight is 1030 g/mol. The Hall–Kier alpha value is -1.10. The van der Waals surface area contributed by atoms with Crippen molar-refractivity contribution in [3.63, 3.8) is 0 Å². The molecule has 0 aromatic heterocycles. The Morgan fingerprint density at radius 1 is 0.857 bits per heavy atom. The Bertz CT molecular complexity index is 1670. The summed E-state index contributed by atoms with van der Waals surface area (Å²) in [5.41, 5.74) is -0.668. The zero-order valence-electron chi connectivity index (χ0n) is 47.6. The topological polar surface area (TPSA) is 142 Å². The van der Waals surface area contributed by atoms with Crippen molar-refractivity contribution in [2.24, 2.45) is 17.8 Å². The van der Waals surface area contributed by atoms with Gasteiger partial charge in [-0.1, -0.05) is 86.6 Å². The highest BCUT2D eigenvalue weighted by Gasteiger charge is 2.54. The second kappa shape index (κ2) is 25.6. The van der Waals surface area contributed by atoms with E-state index in [4.69, 9.17) is 51.5 Å². The summed E-state index contributed by atoms with van der Waals surface area (Å²) < 4.78 is 74.3. The molecule has 0 aromatic rings. The second-order valence-corrected chi connectivity index (χ2v) is 34.4. The first-order valence-corrected chi connectivity index (χ1v) is 32.4. The summed E-state index contributed by atoms with van der Waals surface area (Å²) >= 11 is 0. The van der Waals surface area contributed by atoms with Gasteiger partial charge in [-0.05, 0) is 116 Å². The lowest BCUT2D eigenvalue weighted by molar-refractivity contribution is -0.347. The van der Waals surface area contributed by atoms with Crippen LogP contribution in [0.4, 0.5) is 0 Å². The number of aliphatic hydroxyl groups is 1. The molecule has 4 aliphatic rings. The van der Waals surface area contributed by atoms with Gasteiger partial charge in [0.25, 0.3) is 0 Å². The van der Waals surface area contributed by atoms with Gasteiger partial charge in [-0.15, -0.1) is 0 Å². The summed E-state index contributed by atoms with van der Waals surface area (Å²) in [6, 6.07) is -0.570. The summed E-state index contributed by atoms with van der Waals surface area (Å²) in [5.74, 6) is -0.161. The molecule has 4 rings (SSSR count). The highest BCUT2D eigenvalue weighted by Crippen LogP contribution is 2.45. The van der Waals surface area contributed by atoms with Crippen LogP contribution in [0.1, 0.15) is 135 Å². The van der Waals surface area contributed by atoms with Crippen molar-refractivity contribution >= 4 is 22.6 Å². The first-order chi connectivity index (χ1) is 32.3. The van der Waals surface area contributed by atoms with Crippen LogP contribution in [0.25, 0.3) is 0 Å². The summed E-state index contributed by atoms with van der Waals surface area (Å²) in [5, 5.41) is 12.5. The zero-order chi connectivity index (χ0) is 52.7. The van der Waals surface area contributed by atoms with Gasteiger partial charge >= 0.3 is 5.97 Å². The molecule has 408 valence electrons. The van der Waals surface area contributed by atoms with Gasteiger partial charge in [0, 0.05) is 39.6 Å². The number of allylic oxidation sites excluding steroid dienone is 2. The molecule has 4 heterocycles. The van der Waals surface area contributed by atoms with E-state index < -0.39 is 89.7 Å². The number of esters is 1. The largest absolute Gasteiger partial charge is 0.462 e. The molecule has 1 N–H and O–H groups in total. The third-order valence-electron chi connectivity index (χ3n) is 16.1. The monoisotopic (exact) mass is 1030 g/mol. The van der Waals surface area contributed by atoms with E-state index in [0.29, 0.717) is 44.8 Å². The molecule has 0 aliphatic carbocycles. The predicted molar refractivity (Wildman–Crippen MR) is 281 cm³/mol. The minimum atomic E-state index is -2.43. The van der Waals surface area contributed by atoms with E-state index >= 15 is 0 Å². The van der Waals surface area contributed by atoms with Gasteiger partial charge in [0.2, 0.25) is 0 Å². The molecule has 4 aliphatic heterocycles. The summed E-state index contributed by atoms with van der Waals surface area (Å²) in [7, 11) is 0.799. The first-order valence-electron chi connectivity index (χ1n) is 26.6. The highest BCUT2D eigenvalue weighted by molar-refractivity contribution is 6.74. The van der Waals surface area contributed by atoms with Gasteiger partial charge in [0.05, 0.1) is 48.6 Å². The third-order valence-corrected chi connectivity index (χ3v) is 25.0. The molecule has 0 aromatic carbocycles. The van der Waals surface area contributed by atoms with Crippen LogP contribution in [0.5, 0.6) is 0 Å². The van der Waals surface area contributed by atoms with Crippen molar-refractivity contribution in [1.29, 1.82) is 0 Å². The molecule has 2 bridgehead atoms. The Morgan fingerprint density at radius 3 is 2.09 bits per heavy atom. The second-order valence-electron chi connectivity index (χ2n) is 24.8. The lowest BCUT2D eigenvalue weighted by atomic mass is 9.83. The number of nitrogens with zero attached hydrogens (tertiary/aromatic N) is 1. The smallest absolute Gasteiger partial charge is 0.308 e. The first kappa shape index (κ1) is 61.5. The molecule has 1 unspecified atom stereocenters. The molecule has 0 radical (unpaired) electrons. The van der Waals surface area contributed by atoms with Gasteiger partial charge < -0.3 is 61.5 Å². The van der Waals surface area contributed by atoms with E-state index in [1.807, 2.05) is 58.8 Å². The lowest BCUT2D eigenvalue weighted by Crippen LogP contribution is -2.66. The third kappa shape index (κ3) is 16.2. The molecule has 14 nitrogen and oxygen atoms in total. The molecule has 0 saturated carbocycles. The van der Waals surface area contributed by atoms with Gasteiger partial charge in [-0.2, -0.15) is 0 Å². The maximum atomic E-state index is 13.9. The van der Waals surface area contributed by atoms with Gasteiger partial charge in [0.15, 0.2) is 29.2 Å². The van der Waals surface area contributed by atoms with Crippen LogP contribution in [0, 0.1) is 17.8 Å². The fourth-order valence-corrected chi connectivity index (χ4v) is 12.5. The Kier molecular flexibility index (Phi) is 22.5. The number of fused-ring (bicyclic) bond motifs is 3. The molecule has 70 heavy (non-hydrogen) atoms. The number of hydrogen-bond donors (Lipinski definition) is 1. The van der Waals surface area contributed by atoms with Crippen LogP contribution in [-0.4, -0.2) is 159 Å². The molecule has 17 atom stereocenters. The van der Waals surface area contributed by atoms with Crippen LogP contribution in [0.15, 0.2) is 24.3 Å². The van der Waals surface area contributed by atoms with Crippen LogP contribution in [-0.2, 0) is 56.3 Å².